The van der Waals surface area contributed by atoms with Crippen LogP contribution in [0.4, 0.5) is 0 Å². The van der Waals surface area contributed by atoms with Gasteiger partial charge in [-0.15, -0.1) is 0 Å². The molecule has 0 atom stereocenters. The lowest BCUT2D eigenvalue weighted by molar-refractivity contribution is -0.667. The summed E-state index contributed by atoms with van der Waals surface area (Å²) in [5.41, 5.74) is 8.10. The Bertz CT molecular complexity index is 624. The van der Waals surface area contributed by atoms with Crippen LogP contribution in [0.25, 0.3) is 11.3 Å². The Kier molecular flexibility index (Phi) is 4.27. The van der Waals surface area contributed by atoms with Crippen molar-refractivity contribution in [3.63, 3.8) is 0 Å². The number of aromatic nitrogens is 1. The Morgan fingerprint density at radius 1 is 0.950 bits per heavy atom. The number of aryl methyl sites for hydroxylation is 2. The zero-order chi connectivity index (χ0) is 14.9. The van der Waals surface area contributed by atoms with E-state index in [4.69, 9.17) is 0 Å². The summed E-state index contributed by atoms with van der Waals surface area (Å²) in [4.78, 5) is 0. The van der Waals surface area contributed by atoms with Gasteiger partial charge in [-0.25, -0.2) is 0 Å². The van der Waals surface area contributed by atoms with Crippen LogP contribution in [-0.4, -0.2) is 0 Å². The molecule has 0 aliphatic heterocycles. The van der Waals surface area contributed by atoms with E-state index in [2.05, 4.69) is 76.6 Å². The van der Waals surface area contributed by atoms with Crippen LogP contribution < -0.4 is 4.57 Å². The number of hydrogen-bond acceptors (Lipinski definition) is 0. The van der Waals surface area contributed by atoms with Crippen LogP contribution in [0.2, 0.25) is 0 Å². The Morgan fingerprint density at radius 3 is 2.25 bits per heavy atom. The van der Waals surface area contributed by atoms with Gasteiger partial charge in [-0.3, -0.25) is 0 Å². The first-order valence-corrected chi connectivity index (χ1v) is 7.46. The van der Waals surface area contributed by atoms with Crippen LogP contribution >= 0.6 is 0 Å². The summed E-state index contributed by atoms with van der Waals surface area (Å²) in [6, 6.07) is 11.3. The molecule has 2 rings (SSSR count). The molecule has 1 aromatic carbocycles. The largest absolute Gasteiger partial charge is 0.212 e. The summed E-state index contributed by atoms with van der Waals surface area (Å²) < 4.78 is 2.29. The number of benzene rings is 1. The second-order valence-corrected chi connectivity index (χ2v) is 6.29. The summed E-state index contributed by atoms with van der Waals surface area (Å²) in [6.45, 7) is 11.1. The number of hydrogen-bond donors (Lipinski definition) is 0. The molecule has 1 heteroatoms. The lowest BCUT2D eigenvalue weighted by atomic mass is 9.96. The minimum absolute atomic E-state index is 0.706. The normalized spacial score (nSPS) is 11.2. The van der Waals surface area contributed by atoms with Gasteiger partial charge in [0.05, 0.1) is 0 Å². The highest BCUT2D eigenvalue weighted by molar-refractivity contribution is 5.61. The predicted octanol–water partition coefficient (Wildman–Crippen LogP) is 4.30. The molecule has 0 amide bonds. The van der Waals surface area contributed by atoms with Crippen molar-refractivity contribution in [3.8, 4) is 11.3 Å². The van der Waals surface area contributed by atoms with Gasteiger partial charge in [0, 0.05) is 24.1 Å². The summed E-state index contributed by atoms with van der Waals surface area (Å²) in [7, 11) is 2.15. The first kappa shape index (κ1) is 14.8. The topological polar surface area (TPSA) is 3.88 Å². The Hall–Kier alpha value is -1.63. The standard InChI is InChI=1S/C19H26N/c1-13(2)11-17-8-9-18(15(4)12-17)19-10-7-14(3)16(5)20(19)6/h7-10,12-13H,11H2,1-6H3/q+1. The van der Waals surface area contributed by atoms with Gasteiger partial charge in [0.25, 0.3) is 0 Å². The maximum Gasteiger partial charge on any atom is 0.212 e. The zero-order valence-corrected chi connectivity index (χ0v) is 13.6. The first-order valence-electron chi connectivity index (χ1n) is 7.46. The molecular weight excluding hydrogens is 242 g/mol. The molecule has 0 aliphatic carbocycles. The fourth-order valence-electron chi connectivity index (χ4n) is 2.76. The van der Waals surface area contributed by atoms with E-state index in [-0.39, 0.29) is 0 Å². The van der Waals surface area contributed by atoms with E-state index < -0.39 is 0 Å². The van der Waals surface area contributed by atoms with Crippen molar-refractivity contribution in [1.29, 1.82) is 0 Å². The fourth-order valence-corrected chi connectivity index (χ4v) is 2.76. The average molecular weight is 268 g/mol. The van der Waals surface area contributed by atoms with Crippen molar-refractivity contribution >= 4 is 0 Å². The van der Waals surface area contributed by atoms with E-state index in [0.717, 1.165) is 6.42 Å². The van der Waals surface area contributed by atoms with E-state index in [1.54, 1.807) is 0 Å². The van der Waals surface area contributed by atoms with E-state index in [1.165, 1.54) is 33.6 Å². The van der Waals surface area contributed by atoms with Gasteiger partial charge in [-0.05, 0) is 49.4 Å². The van der Waals surface area contributed by atoms with Crippen molar-refractivity contribution in [1.82, 2.24) is 0 Å². The molecule has 20 heavy (non-hydrogen) atoms. The molecule has 0 aliphatic rings. The first-order chi connectivity index (χ1) is 9.40. The zero-order valence-electron chi connectivity index (χ0n) is 13.6. The molecule has 0 radical (unpaired) electrons. The molecule has 0 unspecified atom stereocenters. The van der Waals surface area contributed by atoms with Crippen LogP contribution in [0, 0.1) is 26.7 Å². The molecule has 0 N–H and O–H groups in total. The van der Waals surface area contributed by atoms with Gasteiger partial charge >= 0.3 is 0 Å². The van der Waals surface area contributed by atoms with Crippen molar-refractivity contribution < 1.29 is 4.57 Å². The van der Waals surface area contributed by atoms with Crippen LogP contribution in [0.1, 0.15) is 36.2 Å². The van der Waals surface area contributed by atoms with Gasteiger partial charge < -0.3 is 0 Å². The second-order valence-electron chi connectivity index (χ2n) is 6.29. The third kappa shape index (κ3) is 2.92. The second kappa shape index (κ2) is 5.78. The highest BCUT2D eigenvalue weighted by atomic mass is 14.9. The highest BCUT2D eigenvalue weighted by Gasteiger charge is 2.16. The van der Waals surface area contributed by atoms with Crippen molar-refractivity contribution in [2.24, 2.45) is 13.0 Å². The summed E-state index contributed by atoms with van der Waals surface area (Å²) in [5, 5.41) is 0. The summed E-state index contributed by atoms with van der Waals surface area (Å²) in [5.74, 6) is 0.706. The predicted molar refractivity (Wildman–Crippen MR) is 85.8 cm³/mol. The minimum Gasteiger partial charge on any atom is -0.198 e. The van der Waals surface area contributed by atoms with Crippen LogP contribution in [-0.2, 0) is 13.5 Å². The van der Waals surface area contributed by atoms with E-state index in [9.17, 15) is 0 Å². The highest BCUT2D eigenvalue weighted by Crippen LogP contribution is 2.23. The summed E-state index contributed by atoms with van der Waals surface area (Å²) >= 11 is 0. The SMILES string of the molecule is Cc1cc(CC(C)C)ccc1-c1ccc(C)c(C)[n+]1C. The molecule has 0 saturated carbocycles. The number of pyridine rings is 1. The molecular formula is C19H26N+. The maximum atomic E-state index is 2.34. The van der Waals surface area contributed by atoms with E-state index in [1.807, 2.05) is 0 Å². The van der Waals surface area contributed by atoms with Gasteiger partial charge in [-0.2, -0.15) is 4.57 Å². The Balaban J connectivity index is 2.46. The maximum absolute atomic E-state index is 2.34. The van der Waals surface area contributed by atoms with Gasteiger partial charge in [0.1, 0.15) is 7.05 Å². The van der Waals surface area contributed by atoms with Gasteiger partial charge in [0.2, 0.25) is 5.69 Å². The van der Waals surface area contributed by atoms with Gasteiger partial charge in [-0.1, -0.05) is 26.0 Å². The van der Waals surface area contributed by atoms with Crippen LogP contribution in [0.15, 0.2) is 30.3 Å². The van der Waals surface area contributed by atoms with E-state index in [0.29, 0.717) is 5.92 Å². The molecule has 0 fully saturated rings. The smallest absolute Gasteiger partial charge is 0.198 e. The molecule has 0 spiro atoms. The third-order valence-electron chi connectivity index (χ3n) is 4.14. The molecule has 1 aromatic heterocycles. The van der Waals surface area contributed by atoms with Crippen molar-refractivity contribution in [3.05, 3.63) is 52.7 Å². The molecule has 1 nitrogen and oxygen atoms in total. The number of rotatable bonds is 3. The quantitative estimate of drug-likeness (QED) is 0.731. The molecule has 106 valence electrons. The lowest BCUT2D eigenvalue weighted by Crippen LogP contribution is -2.35. The lowest BCUT2D eigenvalue weighted by Gasteiger charge is -2.10. The van der Waals surface area contributed by atoms with Crippen LogP contribution in [0.5, 0.6) is 0 Å². The average Bonchev–Trinajstić information content (AvgIpc) is 2.37. The van der Waals surface area contributed by atoms with Crippen molar-refractivity contribution in [2.75, 3.05) is 0 Å². The number of nitrogens with zero attached hydrogens (tertiary/aromatic N) is 1. The van der Waals surface area contributed by atoms with Gasteiger partial charge in [0.15, 0.2) is 5.69 Å². The molecule has 1 heterocycles. The molecule has 0 bridgehead atoms. The fraction of sp³-hybridized carbons (Fsp3) is 0.421. The monoisotopic (exact) mass is 268 g/mol. The minimum atomic E-state index is 0.706. The third-order valence-corrected chi connectivity index (χ3v) is 4.14. The Morgan fingerprint density at radius 2 is 1.65 bits per heavy atom. The summed E-state index contributed by atoms with van der Waals surface area (Å²) in [6.07, 6.45) is 1.15. The molecule has 2 aromatic rings. The van der Waals surface area contributed by atoms with Crippen molar-refractivity contribution in [2.45, 2.75) is 41.0 Å². The Labute approximate surface area is 123 Å². The van der Waals surface area contributed by atoms with Crippen LogP contribution in [0.3, 0.4) is 0 Å². The van der Waals surface area contributed by atoms with E-state index >= 15 is 0 Å². The molecule has 0 saturated heterocycles.